The second kappa shape index (κ2) is 7.23. The molecule has 0 bridgehead atoms. The van der Waals surface area contributed by atoms with Gasteiger partial charge in [-0.1, -0.05) is 12.1 Å². The molecule has 0 aliphatic carbocycles. The number of halogens is 2. The number of nitrogens with zero attached hydrogens (tertiary/aromatic N) is 1. The number of alkyl halides is 2. The Morgan fingerprint density at radius 3 is 2.96 bits per heavy atom. The number of benzene rings is 1. The molecule has 2 heterocycles. The Morgan fingerprint density at radius 1 is 1.38 bits per heavy atom. The molecule has 2 atom stereocenters. The Kier molecular flexibility index (Phi) is 5.06. The van der Waals surface area contributed by atoms with E-state index in [1.54, 1.807) is 13.2 Å². The van der Waals surface area contributed by atoms with Crippen LogP contribution in [-0.4, -0.2) is 43.7 Å². The zero-order chi connectivity index (χ0) is 17.1. The van der Waals surface area contributed by atoms with Crippen molar-refractivity contribution in [3.63, 3.8) is 0 Å². The lowest BCUT2D eigenvalue weighted by Gasteiger charge is -2.27. The second-order valence-corrected chi connectivity index (χ2v) is 6.11. The fourth-order valence-electron chi connectivity index (χ4n) is 3.43. The summed E-state index contributed by atoms with van der Waals surface area (Å²) in [5.74, 6) is 1.23. The van der Waals surface area contributed by atoms with E-state index in [0.717, 1.165) is 12.0 Å². The predicted molar refractivity (Wildman–Crippen MR) is 84.7 cm³/mol. The average Bonchev–Trinajstić information content (AvgIpc) is 2.99. The highest BCUT2D eigenvalue weighted by atomic mass is 19.3. The molecule has 1 aromatic rings. The van der Waals surface area contributed by atoms with Gasteiger partial charge in [-0.25, -0.2) is 13.6 Å². The van der Waals surface area contributed by atoms with Crippen molar-refractivity contribution in [3.8, 4) is 11.5 Å². The van der Waals surface area contributed by atoms with Gasteiger partial charge in [0.1, 0.15) is 0 Å². The van der Waals surface area contributed by atoms with Gasteiger partial charge in [0.05, 0.1) is 25.8 Å². The highest BCUT2D eigenvalue weighted by Gasteiger charge is 2.36. The van der Waals surface area contributed by atoms with Crippen molar-refractivity contribution in [2.24, 2.45) is 0 Å². The second-order valence-electron chi connectivity index (χ2n) is 6.11. The summed E-state index contributed by atoms with van der Waals surface area (Å²) in [4.78, 5) is 13.8. The number of amides is 2. The number of rotatable bonds is 3. The maximum absolute atomic E-state index is 13.1. The smallest absolute Gasteiger partial charge is 0.318 e. The minimum atomic E-state index is -2.51. The van der Waals surface area contributed by atoms with Gasteiger partial charge in [0.15, 0.2) is 11.5 Å². The Hall–Kier alpha value is -2.05. The minimum Gasteiger partial charge on any atom is -0.493 e. The van der Waals surface area contributed by atoms with E-state index in [2.05, 4.69) is 5.32 Å². The van der Waals surface area contributed by atoms with Crippen molar-refractivity contribution in [1.82, 2.24) is 10.2 Å². The summed E-state index contributed by atoms with van der Waals surface area (Å²) in [6.45, 7) is 0.901. The van der Waals surface area contributed by atoms with Crippen molar-refractivity contribution in [2.75, 3.05) is 20.3 Å². The molecule has 0 radical (unpaired) electrons. The zero-order valence-electron chi connectivity index (χ0n) is 13.6. The zero-order valence-corrected chi connectivity index (χ0v) is 13.6. The number of likely N-dealkylation sites (tertiary alicyclic amines) is 1. The first-order valence-electron chi connectivity index (χ1n) is 8.26. The summed E-state index contributed by atoms with van der Waals surface area (Å²) < 4.78 is 37.2. The first kappa shape index (κ1) is 16.8. The van der Waals surface area contributed by atoms with Crippen molar-refractivity contribution >= 4 is 6.03 Å². The lowest BCUT2D eigenvalue weighted by atomic mass is 10.0. The number of ether oxygens (including phenoxy) is 2. The van der Waals surface area contributed by atoms with Gasteiger partial charge in [-0.3, -0.25) is 0 Å². The van der Waals surface area contributed by atoms with E-state index in [4.69, 9.17) is 9.47 Å². The van der Waals surface area contributed by atoms with Crippen LogP contribution in [0.5, 0.6) is 11.5 Å². The lowest BCUT2D eigenvalue weighted by Crippen LogP contribution is -2.46. The van der Waals surface area contributed by atoms with Crippen LogP contribution < -0.4 is 14.8 Å². The van der Waals surface area contributed by atoms with Crippen LogP contribution >= 0.6 is 0 Å². The van der Waals surface area contributed by atoms with E-state index in [1.807, 2.05) is 12.1 Å². The third kappa shape index (κ3) is 3.25. The molecule has 1 unspecified atom stereocenters. The molecule has 132 valence electrons. The fourth-order valence-corrected chi connectivity index (χ4v) is 3.43. The third-order valence-corrected chi connectivity index (χ3v) is 4.64. The van der Waals surface area contributed by atoms with E-state index in [9.17, 15) is 13.6 Å². The number of hydrogen-bond donors (Lipinski definition) is 1. The van der Waals surface area contributed by atoms with Crippen molar-refractivity contribution in [3.05, 3.63) is 23.8 Å². The highest BCUT2D eigenvalue weighted by Crippen LogP contribution is 2.38. The van der Waals surface area contributed by atoms with E-state index >= 15 is 0 Å². The van der Waals surface area contributed by atoms with Gasteiger partial charge in [0.25, 0.3) is 6.43 Å². The van der Waals surface area contributed by atoms with Crippen LogP contribution in [-0.2, 0) is 0 Å². The first-order chi connectivity index (χ1) is 11.6. The molecular weight excluding hydrogens is 318 g/mol. The molecule has 5 nitrogen and oxygen atoms in total. The molecular formula is C17H22F2N2O3. The van der Waals surface area contributed by atoms with Crippen LogP contribution in [0.4, 0.5) is 13.6 Å². The molecule has 7 heteroatoms. The number of methoxy groups -OCH3 is 1. The van der Waals surface area contributed by atoms with E-state index in [-0.39, 0.29) is 6.04 Å². The van der Waals surface area contributed by atoms with Crippen LogP contribution in [0.3, 0.4) is 0 Å². The third-order valence-electron chi connectivity index (χ3n) is 4.64. The van der Waals surface area contributed by atoms with Gasteiger partial charge < -0.3 is 19.7 Å². The van der Waals surface area contributed by atoms with Crippen LogP contribution in [0, 0.1) is 0 Å². The number of urea groups is 1. The number of nitrogens with one attached hydrogen (secondary N) is 1. The van der Waals surface area contributed by atoms with E-state index in [1.165, 1.54) is 4.90 Å². The van der Waals surface area contributed by atoms with Gasteiger partial charge in [0, 0.05) is 12.1 Å². The standard InChI is InChI=1S/C17H22F2N2O3/c1-23-14-8-2-5-11-12(6-4-10-24-15(11)14)20-17(22)21-9-3-7-13(21)16(18)19/h2,5,8,12-13,16H,3-4,6-7,9-10H2,1H3,(H,20,22)/t12?,13-/m0/s1. The Bertz CT molecular complexity index is 597. The Morgan fingerprint density at radius 2 is 2.21 bits per heavy atom. The molecule has 3 rings (SSSR count). The number of carbonyl (C=O) groups excluding carboxylic acids is 1. The predicted octanol–water partition coefficient (Wildman–Crippen LogP) is 3.35. The Balaban J connectivity index is 1.79. The molecule has 2 aliphatic rings. The van der Waals surface area contributed by atoms with Crippen molar-refractivity contribution in [2.45, 2.75) is 44.2 Å². The molecule has 1 saturated heterocycles. The topological polar surface area (TPSA) is 50.8 Å². The van der Waals surface area contributed by atoms with Gasteiger partial charge in [0.2, 0.25) is 0 Å². The van der Waals surface area contributed by atoms with Gasteiger partial charge in [-0.15, -0.1) is 0 Å². The van der Waals surface area contributed by atoms with Gasteiger partial charge in [-0.2, -0.15) is 0 Å². The quantitative estimate of drug-likeness (QED) is 0.918. The van der Waals surface area contributed by atoms with Gasteiger partial charge >= 0.3 is 6.03 Å². The monoisotopic (exact) mass is 340 g/mol. The molecule has 0 aromatic heterocycles. The summed E-state index contributed by atoms with van der Waals surface area (Å²) in [5, 5.41) is 2.91. The minimum absolute atomic E-state index is 0.274. The summed E-state index contributed by atoms with van der Waals surface area (Å²) >= 11 is 0. The molecule has 1 fully saturated rings. The molecule has 1 aromatic carbocycles. The van der Waals surface area contributed by atoms with Crippen LogP contribution in [0.25, 0.3) is 0 Å². The van der Waals surface area contributed by atoms with Gasteiger partial charge in [-0.05, 0) is 31.7 Å². The lowest BCUT2D eigenvalue weighted by molar-refractivity contribution is 0.0599. The highest BCUT2D eigenvalue weighted by molar-refractivity contribution is 5.75. The van der Waals surface area contributed by atoms with Crippen molar-refractivity contribution < 1.29 is 23.0 Å². The number of carbonyl (C=O) groups is 1. The first-order valence-corrected chi connectivity index (χ1v) is 8.26. The summed E-state index contributed by atoms with van der Waals surface area (Å²) in [6.07, 6.45) is -0.0903. The molecule has 0 saturated carbocycles. The maximum atomic E-state index is 13.1. The maximum Gasteiger partial charge on any atom is 0.318 e. The Labute approximate surface area is 139 Å². The van der Waals surface area contributed by atoms with Crippen LogP contribution in [0.2, 0.25) is 0 Å². The van der Waals surface area contributed by atoms with Crippen molar-refractivity contribution in [1.29, 1.82) is 0 Å². The number of hydrogen-bond acceptors (Lipinski definition) is 3. The van der Waals surface area contributed by atoms with E-state index < -0.39 is 18.5 Å². The van der Waals surface area contributed by atoms with E-state index in [0.29, 0.717) is 43.9 Å². The normalized spacial score (nSPS) is 23.4. The summed E-state index contributed by atoms with van der Waals surface area (Å²) in [7, 11) is 1.56. The summed E-state index contributed by atoms with van der Waals surface area (Å²) in [5.41, 5.74) is 0.827. The fraction of sp³-hybridized carbons (Fsp3) is 0.588. The van der Waals surface area contributed by atoms with Crippen LogP contribution in [0.15, 0.2) is 18.2 Å². The largest absolute Gasteiger partial charge is 0.493 e. The molecule has 2 aliphatic heterocycles. The average molecular weight is 340 g/mol. The molecule has 1 N–H and O–H groups in total. The molecule has 2 amide bonds. The molecule has 24 heavy (non-hydrogen) atoms. The van der Waals surface area contributed by atoms with Crippen LogP contribution in [0.1, 0.15) is 37.3 Å². The summed E-state index contributed by atoms with van der Waals surface area (Å²) in [6, 6.07) is 3.82. The number of fused-ring (bicyclic) bond motifs is 1. The SMILES string of the molecule is COc1cccc2c1OCCCC2NC(=O)N1CCC[C@H]1C(F)F. The molecule has 0 spiro atoms. The number of para-hydroxylation sites is 1.